The lowest BCUT2D eigenvalue weighted by Crippen LogP contribution is -2.20. The molecule has 3 rings (SSSR count). The maximum Gasteiger partial charge on any atom is 0.135 e. The summed E-state index contributed by atoms with van der Waals surface area (Å²) in [6.45, 7) is 5.66. The molecule has 16 heavy (non-hydrogen) atoms. The maximum absolute atomic E-state index is 9.56. The van der Waals surface area contributed by atoms with E-state index in [1.165, 1.54) is 5.70 Å². The molecule has 1 aliphatic heterocycles. The number of allylic oxidation sites excluding steroid dienone is 6. The Morgan fingerprint density at radius 3 is 3.12 bits per heavy atom. The molecule has 0 saturated heterocycles. The predicted octanol–water partition coefficient (Wildman–Crippen LogP) is 2.77. The number of aromatic nitrogens is 3. The number of fused-ring (bicyclic) bond motifs is 4. The Morgan fingerprint density at radius 1 is 1.69 bits per heavy atom. The Morgan fingerprint density at radius 2 is 2.50 bits per heavy atom. The monoisotopic (exact) mass is 217 g/mol. The van der Waals surface area contributed by atoms with Crippen LogP contribution in [0.2, 0.25) is 0 Å². The van der Waals surface area contributed by atoms with Crippen LogP contribution < -0.4 is 0 Å². The molecule has 0 aromatic carbocycles. The summed E-state index contributed by atoms with van der Waals surface area (Å²) in [6.07, 6.45) is 10.3. The summed E-state index contributed by atoms with van der Waals surface area (Å²) in [5.41, 5.74) is 2.09. The zero-order valence-corrected chi connectivity index (χ0v) is 9.30. The highest BCUT2D eigenvalue weighted by Crippen LogP contribution is 2.44. The number of rotatable bonds is 3. The summed E-state index contributed by atoms with van der Waals surface area (Å²) in [7, 11) is 0. The van der Waals surface area contributed by atoms with Gasteiger partial charge in [0.25, 0.3) is 0 Å². The summed E-state index contributed by atoms with van der Waals surface area (Å²) in [5, 5.41) is 9.56. The van der Waals surface area contributed by atoms with E-state index in [0.29, 0.717) is 6.04 Å². The maximum atomic E-state index is 9.56. The Hall–Kier alpha value is -1.84. The molecule has 1 aromatic rings. The van der Waals surface area contributed by atoms with Crippen molar-refractivity contribution in [2.75, 3.05) is 0 Å². The molecule has 4 nitrogen and oxygen atoms in total. The van der Waals surface area contributed by atoms with Gasteiger partial charge in [-0.05, 0) is 18.9 Å². The fraction of sp³-hybridized carbons (Fsp3) is 0.333. The van der Waals surface area contributed by atoms with E-state index in [4.69, 9.17) is 0 Å². The molecule has 0 bridgehead atoms. The molecule has 84 valence electrons. The third-order valence-corrected chi connectivity index (χ3v) is 3.06. The molecule has 0 fully saturated rings. The standard InChI is InChI=1S/C12H15N3O/c1-3-6-10(9(2)16)13-14-11-7-4-5-8-12(11)15(13)14/h4-7,12,16H,2-3,8H2,1H3/b10-6+. The van der Waals surface area contributed by atoms with Gasteiger partial charge in [-0.15, -0.1) is 0 Å². The second-order valence-electron chi connectivity index (χ2n) is 4.11. The third kappa shape index (κ3) is 1.04. The van der Waals surface area contributed by atoms with E-state index in [9.17, 15) is 5.11 Å². The average molecular weight is 217 g/mol. The molecule has 0 radical (unpaired) electrons. The normalized spacial score (nSPS) is 22.4. The van der Waals surface area contributed by atoms with Crippen molar-refractivity contribution in [3.05, 3.63) is 36.6 Å². The first-order valence-electron chi connectivity index (χ1n) is 5.60. The SMILES string of the molecule is C=C(O)/C(=C\CC)n1n2n1C1CC=CC=C12. The molecule has 2 heterocycles. The molecule has 0 spiro atoms. The Labute approximate surface area is 94.0 Å². The average Bonchev–Trinajstić information content (AvgIpc) is 2.90. The zero-order valence-electron chi connectivity index (χ0n) is 9.30. The van der Waals surface area contributed by atoms with Crippen molar-refractivity contribution in [3.8, 4) is 0 Å². The molecule has 1 atom stereocenters. The number of nitrogens with zero attached hydrogens (tertiary/aromatic N) is 3. The van der Waals surface area contributed by atoms with Crippen LogP contribution >= 0.6 is 0 Å². The molecular formula is C12H15N3O. The molecular weight excluding hydrogens is 202 g/mol. The van der Waals surface area contributed by atoms with Crippen LogP contribution in [0.5, 0.6) is 0 Å². The van der Waals surface area contributed by atoms with E-state index in [-0.39, 0.29) is 5.76 Å². The van der Waals surface area contributed by atoms with E-state index in [2.05, 4.69) is 34.4 Å². The largest absolute Gasteiger partial charge is 0.506 e. The molecule has 2 aliphatic rings. The topological polar surface area (TPSA) is 35.0 Å². The van der Waals surface area contributed by atoms with E-state index in [1.807, 2.05) is 17.8 Å². The molecule has 1 aromatic heterocycles. The van der Waals surface area contributed by atoms with Crippen LogP contribution in [0.15, 0.2) is 36.6 Å². The molecule has 1 aliphatic carbocycles. The van der Waals surface area contributed by atoms with Gasteiger partial charge in [-0.25, -0.2) is 0 Å². The van der Waals surface area contributed by atoms with Crippen molar-refractivity contribution in [1.29, 1.82) is 0 Å². The summed E-state index contributed by atoms with van der Waals surface area (Å²) >= 11 is 0. The lowest BCUT2D eigenvalue weighted by Gasteiger charge is -2.21. The third-order valence-electron chi connectivity index (χ3n) is 3.06. The number of aliphatic hydroxyl groups is 1. The lowest BCUT2D eigenvalue weighted by atomic mass is 10.0. The highest BCUT2D eigenvalue weighted by atomic mass is 16.3. The van der Waals surface area contributed by atoms with Gasteiger partial charge >= 0.3 is 0 Å². The van der Waals surface area contributed by atoms with E-state index >= 15 is 0 Å². The fourth-order valence-electron chi connectivity index (χ4n) is 2.31. The lowest BCUT2D eigenvalue weighted by molar-refractivity contribution is 0.433. The van der Waals surface area contributed by atoms with Gasteiger partial charge in [-0.1, -0.05) is 31.7 Å². The number of aliphatic hydroxyl groups excluding tert-OH is 1. The van der Waals surface area contributed by atoms with Crippen LogP contribution in [-0.4, -0.2) is 19.5 Å². The Kier molecular flexibility index (Phi) is 1.80. The van der Waals surface area contributed by atoms with Crippen LogP contribution in [0.4, 0.5) is 0 Å². The quantitative estimate of drug-likeness (QED) is 0.613. The van der Waals surface area contributed by atoms with Gasteiger partial charge in [-0.2, -0.15) is 14.4 Å². The Balaban J connectivity index is 1.95. The van der Waals surface area contributed by atoms with Gasteiger partial charge in [0.05, 0.1) is 5.70 Å². The van der Waals surface area contributed by atoms with Gasteiger partial charge in [0.1, 0.15) is 17.5 Å². The molecule has 0 amide bonds. The van der Waals surface area contributed by atoms with Crippen LogP contribution in [-0.2, 0) is 0 Å². The van der Waals surface area contributed by atoms with E-state index in [1.54, 1.807) is 0 Å². The molecule has 1 N–H and O–H groups in total. The van der Waals surface area contributed by atoms with Crippen molar-refractivity contribution in [1.82, 2.24) is 14.4 Å². The fourth-order valence-corrected chi connectivity index (χ4v) is 2.31. The van der Waals surface area contributed by atoms with Gasteiger partial charge in [-0.3, -0.25) is 0 Å². The minimum absolute atomic E-state index is 0.126. The smallest absolute Gasteiger partial charge is 0.135 e. The van der Waals surface area contributed by atoms with Crippen molar-refractivity contribution in [2.24, 2.45) is 0 Å². The number of hydrogen-bond acceptors (Lipinski definition) is 1. The van der Waals surface area contributed by atoms with Crippen molar-refractivity contribution < 1.29 is 5.11 Å². The molecule has 1 unspecified atom stereocenters. The van der Waals surface area contributed by atoms with Crippen molar-refractivity contribution in [2.45, 2.75) is 25.8 Å². The van der Waals surface area contributed by atoms with Gasteiger partial charge < -0.3 is 5.11 Å². The summed E-state index contributed by atoms with van der Waals surface area (Å²) in [5.74, 6) is 0.126. The minimum Gasteiger partial charge on any atom is -0.506 e. The van der Waals surface area contributed by atoms with Gasteiger partial charge in [0.15, 0.2) is 0 Å². The zero-order chi connectivity index (χ0) is 11.3. The highest BCUT2D eigenvalue weighted by molar-refractivity contribution is 5.67. The second-order valence-corrected chi connectivity index (χ2v) is 4.11. The van der Waals surface area contributed by atoms with Crippen LogP contribution in [0.1, 0.15) is 25.8 Å². The predicted molar refractivity (Wildman–Crippen MR) is 63.8 cm³/mol. The summed E-state index contributed by atoms with van der Waals surface area (Å²) < 4.78 is 0. The first-order chi connectivity index (χ1) is 7.75. The minimum atomic E-state index is 0.126. The second kappa shape index (κ2) is 3.07. The first-order valence-corrected chi connectivity index (χ1v) is 5.60. The molecule has 4 heteroatoms. The van der Waals surface area contributed by atoms with Crippen molar-refractivity contribution in [3.63, 3.8) is 0 Å². The van der Waals surface area contributed by atoms with Gasteiger partial charge in [0.2, 0.25) is 0 Å². The van der Waals surface area contributed by atoms with Crippen LogP contribution in [0.3, 0.4) is 0 Å². The highest BCUT2D eigenvalue weighted by Gasteiger charge is 2.44. The first kappa shape index (κ1) is 9.39. The van der Waals surface area contributed by atoms with E-state index < -0.39 is 0 Å². The van der Waals surface area contributed by atoms with Crippen molar-refractivity contribution >= 4 is 11.4 Å². The Bertz CT molecular complexity index is 533. The van der Waals surface area contributed by atoms with E-state index in [0.717, 1.165) is 18.5 Å². The van der Waals surface area contributed by atoms with Gasteiger partial charge in [0, 0.05) is 0 Å². The molecule has 0 saturated carbocycles. The summed E-state index contributed by atoms with van der Waals surface area (Å²) in [6, 6.07) is 0.449. The van der Waals surface area contributed by atoms with Crippen LogP contribution in [0, 0.1) is 0 Å². The summed E-state index contributed by atoms with van der Waals surface area (Å²) in [4.78, 5) is 6.19. The van der Waals surface area contributed by atoms with Crippen LogP contribution in [0.25, 0.3) is 11.4 Å². The number of hydrogen-bond donors (Lipinski definition) is 1.